The number of carbonyl (C=O) groups is 1. The van der Waals surface area contributed by atoms with Crippen LogP contribution in [0.3, 0.4) is 0 Å². The number of thioether (sulfide) groups is 1. The van der Waals surface area contributed by atoms with E-state index in [-0.39, 0.29) is 5.25 Å². The zero-order valence-corrected chi connectivity index (χ0v) is 11.0. The van der Waals surface area contributed by atoms with E-state index in [4.69, 9.17) is 10.8 Å². The Hall–Kier alpha value is -1.00. The highest BCUT2D eigenvalue weighted by molar-refractivity contribution is 7.99. The van der Waals surface area contributed by atoms with Crippen LogP contribution in [0.1, 0.15) is 25.8 Å². The van der Waals surface area contributed by atoms with Crippen LogP contribution < -0.4 is 5.73 Å². The minimum absolute atomic E-state index is 0.223. The molecule has 1 aromatic carbocycles. The van der Waals surface area contributed by atoms with Crippen molar-refractivity contribution in [3.63, 3.8) is 0 Å². The van der Waals surface area contributed by atoms with Crippen molar-refractivity contribution in [3.05, 3.63) is 35.9 Å². The normalized spacial score (nSPS) is 16.2. The third kappa shape index (κ3) is 4.79. The molecule has 0 fully saturated rings. The summed E-state index contributed by atoms with van der Waals surface area (Å²) in [5, 5.41) is 9.16. The number of aliphatic carboxylic acids is 1. The molecule has 1 aromatic rings. The van der Waals surface area contributed by atoms with Gasteiger partial charge >= 0.3 is 5.97 Å². The summed E-state index contributed by atoms with van der Waals surface area (Å²) in [6, 6.07) is 10.1. The van der Waals surface area contributed by atoms with Crippen LogP contribution in [0.25, 0.3) is 0 Å². The fraction of sp³-hybridized carbons (Fsp3) is 0.462. The zero-order chi connectivity index (χ0) is 12.9. The van der Waals surface area contributed by atoms with Crippen molar-refractivity contribution >= 4 is 17.7 Å². The van der Waals surface area contributed by atoms with Crippen molar-refractivity contribution in [3.8, 4) is 0 Å². The summed E-state index contributed by atoms with van der Waals surface area (Å²) in [6.45, 7) is 3.58. The van der Waals surface area contributed by atoms with Crippen molar-refractivity contribution in [2.75, 3.05) is 0 Å². The number of hydrogen-bond acceptors (Lipinski definition) is 3. The molecule has 3 N–H and O–H groups in total. The van der Waals surface area contributed by atoms with Crippen molar-refractivity contribution in [2.24, 2.45) is 5.73 Å². The van der Waals surface area contributed by atoms with Gasteiger partial charge < -0.3 is 10.8 Å². The molecule has 0 saturated carbocycles. The van der Waals surface area contributed by atoms with E-state index in [0.29, 0.717) is 6.42 Å². The lowest BCUT2D eigenvalue weighted by molar-refractivity contribution is -0.142. The molecule has 0 aliphatic heterocycles. The highest BCUT2D eigenvalue weighted by Crippen LogP contribution is 2.23. The Balaban J connectivity index is 2.41. The third-order valence-electron chi connectivity index (χ3n) is 2.58. The maximum Gasteiger partial charge on any atom is 0.323 e. The molecule has 3 nitrogen and oxygen atoms in total. The molecule has 4 heteroatoms. The molecule has 0 aliphatic rings. The molecule has 0 spiro atoms. The molecule has 2 atom stereocenters. The average Bonchev–Trinajstić information content (AvgIpc) is 2.27. The van der Waals surface area contributed by atoms with Gasteiger partial charge in [0.15, 0.2) is 0 Å². The fourth-order valence-corrected chi connectivity index (χ4v) is 2.69. The Morgan fingerprint density at radius 1 is 1.47 bits per heavy atom. The highest BCUT2D eigenvalue weighted by atomic mass is 32.2. The van der Waals surface area contributed by atoms with Crippen LogP contribution in [-0.4, -0.2) is 21.9 Å². The van der Waals surface area contributed by atoms with Crippen LogP contribution in [0.15, 0.2) is 30.3 Å². The Kier molecular flexibility index (Phi) is 5.02. The number of carboxylic acid groups (broad SMARTS) is 1. The molecule has 0 heterocycles. The standard InChI is InChI=1S/C13H19NO2S/c1-10(8-13(2,14)12(15)16)17-9-11-6-4-3-5-7-11/h3-7,10H,8-9,14H2,1-2H3,(H,15,16). The van der Waals surface area contributed by atoms with Gasteiger partial charge in [0.1, 0.15) is 5.54 Å². The first-order valence-electron chi connectivity index (χ1n) is 5.59. The van der Waals surface area contributed by atoms with E-state index in [2.05, 4.69) is 12.1 Å². The number of rotatable bonds is 6. The smallest absolute Gasteiger partial charge is 0.323 e. The number of hydrogen-bond donors (Lipinski definition) is 2. The lowest BCUT2D eigenvalue weighted by atomic mass is 9.98. The van der Waals surface area contributed by atoms with E-state index in [1.54, 1.807) is 18.7 Å². The molecule has 94 valence electrons. The quantitative estimate of drug-likeness (QED) is 0.817. The number of benzene rings is 1. The van der Waals surface area contributed by atoms with Crippen LogP contribution in [0.5, 0.6) is 0 Å². The van der Waals surface area contributed by atoms with Crippen LogP contribution >= 0.6 is 11.8 Å². The molecule has 0 aromatic heterocycles. The summed E-state index contributed by atoms with van der Waals surface area (Å²) in [6.07, 6.45) is 0.472. The summed E-state index contributed by atoms with van der Waals surface area (Å²) in [4.78, 5) is 10.9. The molecule has 1 rings (SSSR count). The second-order valence-corrected chi connectivity index (χ2v) is 5.96. The summed E-state index contributed by atoms with van der Waals surface area (Å²) in [5.74, 6) is -0.0535. The van der Waals surface area contributed by atoms with Gasteiger partial charge in [0.2, 0.25) is 0 Å². The van der Waals surface area contributed by atoms with Crippen molar-refractivity contribution in [1.29, 1.82) is 0 Å². The third-order valence-corrected chi connectivity index (χ3v) is 3.81. The van der Waals surface area contributed by atoms with Crippen LogP contribution in [0.2, 0.25) is 0 Å². The maximum atomic E-state index is 10.9. The summed E-state index contributed by atoms with van der Waals surface area (Å²) in [5.41, 5.74) is 5.83. The van der Waals surface area contributed by atoms with E-state index in [9.17, 15) is 4.79 Å². The highest BCUT2D eigenvalue weighted by Gasteiger charge is 2.29. The maximum absolute atomic E-state index is 10.9. The largest absolute Gasteiger partial charge is 0.480 e. The van der Waals surface area contributed by atoms with Gasteiger partial charge in [-0.2, -0.15) is 11.8 Å². The Morgan fingerprint density at radius 3 is 2.59 bits per heavy atom. The van der Waals surface area contributed by atoms with Gasteiger partial charge in [-0.05, 0) is 18.9 Å². The fourth-order valence-electron chi connectivity index (χ4n) is 1.56. The monoisotopic (exact) mass is 253 g/mol. The first kappa shape index (κ1) is 14.1. The SMILES string of the molecule is CC(CC(C)(N)C(=O)O)SCc1ccccc1. The topological polar surface area (TPSA) is 63.3 Å². The van der Waals surface area contributed by atoms with Crippen LogP contribution in [0.4, 0.5) is 0 Å². The van der Waals surface area contributed by atoms with Gasteiger partial charge in [0.05, 0.1) is 0 Å². The molecule has 0 radical (unpaired) electrons. The predicted molar refractivity (Wildman–Crippen MR) is 72.0 cm³/mol. The lowest BCUT2D eigenvalue weighted by Gasteiger charge is -2.23. The van der Waals surface area contributed by atoms with Gasteiger partial charge in [-0.1, -0.05) is 37.3 Å². The van der Waals surface area contributed by atoms with Crippen molar-refractivity contribution in [1.82, 2.24) is 0 Å². The van der Waals surface area contributed by atoms with E-state index >= 15 is 0 Å². The van der Waals surface area contributed by atoms with Crippen LogP contribution in [-0.2, 0) is 10.5 Å². The zero-order valence-electron chi connectivity index (χ0n) is 10.2. The van der Waals surface area contributed by atoms with Gasteiger partial charge in [0, 0.05) is 11.0 Å². The first-order chi connectivity index (χ1) is 7.92. The van der Waals surface area contributed by atoms with E-state index in [0.717, 1.165) is 5.75 Å². The number of carboxylic acids is 1. The summed E-state index contributed by atoms with van der Waals surface area (Å²) in [7, 11) is 0. The molecular weight excluding hydrogens is 234 g/mol. The van der Waals surface area contributed by atoms with Crippen molar-refractivity contribution in [2.45, 2.75) is 36.8 Å². The Morgan fingerprint density at radius 2 is 2.06 bits per heavy atom. The van der Waals surface area contributed by atoms with Crippen LogP contribution in [0, 0.1) is 0 Å². The van der Waals surface area contributed by atoms with Gasteiger partial charge in [-0.3, -0.25) is 4.79 Å². The average molecular weight is 253 g/mol. The second-order valence-electron chi connectivity index (χ2n) is 4.53. The van der Waals surface area contributed by atoms with Crippen molar-refractivity contribution < 1.29 is 9.90 Å². The minimum Gasteiger partial charge on any atom is -0.480 e. The molecule has 2 unspecified atom stereocenters. The van der Waals surface area contributed by atoms with E-state index in [1.165, 1.54) is 5.56 Å². The molecule has 0 aliphatic carbocycles. The number of nitrogens with two attached hydrogens (primary N) is 1. The molecule has 17 heavy (non-hydrogen) atoms. The lowest BCUT2D eigenvalue weighted by Crippen LogP contribution is -2.46. The molecule has 0 bridgehead atoms. The molecular formula is C13H19NO2S. The summed E-state index contributed by atoms with van der Waals surface area (Å²) < 4.78 is 0. The predicted octanol–water partition coefficient (Wildman–Crippen LogP) is 2.50. The molecule has 0 saturated heterocycles. The Bertz CT molecular complexity index is 365. The van der Waals surface area contributed by atoms with Gasteiger partial charge in [0.25, 0.3) is 0 Å². The first-order valence-corrected chi connectivity index (χ1v) is 6.64. The Labute approximate surface area is 106 Å². The second kappa shape index (κ2) is 6.07. The van der Waals surface area contributed by atoms with E-state index in [1.807, 2.05) is 25.1 Å². The minimum atomic E-state index is -1.14. The summed E-state index contributed by atoms with van der Waals surface area (Å²) >= 11 is 1.73. The van der Waals surface area contributed by atoms with Gasteiger partial charge in [-0.15, -0.1) is 0 Å². The van der Waals surface area contributed by atoms with E-state index < -0.39 is 11.5 Å². The van der Waals surface area contributed by atoms with Gasteiger partial charge in [-0.25, -0.2) is 0 Å². The molecule has 0 amide bonds.